The van der Waals surface area contributed by atoms with E-state index < -0.39 is 0 Å². The van der Waals surface area contributed by atoms with Gasteiger partial charge in [-0.05, 0) is 49.3 Å². The van der Waals surface area contributed by atoms with Gasteiger partial charge in [0.25, 0.3) is 5.91 Å². The largest absolute Gasteiger partial charge is 0.328 e. The van der Waals surface area contributed by atoms with Gasteiger partial charge in [0.2, 0.25) is 5.91 Å². The molecule has 0 bridgehead atoms. The normalized spacial score (nSPS) is 15.2. The molecule has 2 aromatic rings. The first-order valence-electron chi connectivity index (χ1n) is 7.53. The summed E-state index contributed by atoms with van der Waals surface area (Å²) >= 11 is 6.24. The molecular weight excluding hydrogens is 356 g/mol. The molecule has 2 heterocycles. The highest BCUT2D eigenvalue weighted by Gasteiger charge is 2.22. The van der Waals surface area contributed by atoms with Gasteiger partial charge in [-0.2, -0.15) is 0 Å². The van der Waals surface area contributed by atoms with E-state index in [0.29, 0.717) is 16.5 Å². The minimum absolute atomic E-state index is 0.125. The number of aryl methyl sites for hydroxylation is 1. The van der Waals surface area contributed by atoms with E-state index in [1.165, 1.54) is 18.3 Å². The number of rotatable bonds is 3. The minimum atomic E-state index is -0.294. The molecule has 0 atom stereocenters. The maximum absolute atomic E-state index is 12.2. The summed E-state index contributed by atoms with van der Waals surface area (Å²) in [4.78, 5) is 30.0. The van der Waals surface area contributed by atoms with Gasteiger partial charge in [0, 0.05) is 12.3 Å². The quantitative estimate of drug-likeness (QED) is 0.640. The molecule has 128 valence electrons. The van der Waals surface area contributed by atoms with E-state index in [4.69, 9.17) is 12.2 Å². The number of carbonyl (C=O) groups excluding carboxylic acids is 2. The number of thiazole rings is 1. The predicted octanol–water partition coefficient (Wildman–Crippen LogP) is 2.79. The summed E-state index contributed by atoms with van der Waals surface area (Å²) in [6, 6.07) is 5.81. The van der Waals surface area contributed by atoms with Crippen LogP contribution in [0.5, 0.6) is 0 Å². The number of carbonyl (C=O) groups is 2. The number of hydrogen-bond acceptors (Lipinski definition) is 5. The number of nitrogens with one attached hydrogen (secondary N) is 2. The van der Waals surface area contributed by atoms with E-state index in [1.807, 2.05) is 32.0 Å². The van der Waals surface area contributed by atoms with Gasteiger partial charge in [-0.15, -0.1) is 11.3 Å². The van der Waals surface area contributed by atoms with E-state index in [9.17, 15) is 9.59 Å². The van der Waals surface area contributed by atoms with Crippen molar-refractivity contribution >= 4 is 57.4 Å². The molecule has 1 aliphatic heterocycles. The van der Waals surface area contributed by atoms with Gasteiger partial charge in [0.15, 0.2) is 10.2 Å². The molecule has 6 nitrogen and oxygen atoms in total. The number of thiocarbonyl (C=S) groups is 1. The van der Waals surface area contributed by atoms with Crippen LogP contribution >= 0.6 is 23.6 Å². The Bertz CT molecular complexity index is 917. The molecule has 1 aliphatic rings. The fraction of sp³-hybridized carbons (Fsp3) is 0.176. The molecule has 25 heavy (non-hydrogen) atoms. The van der Waals surface area contributed by atoms with Crippen molar-refractivity contribution in [1.29, 1.82) is 0 Å². The lowest BCUT2D eigenvalue weighted by atomic mass is 10.1. The Kier molecular flexibility index (Phi) is 4.65. The SMILES string of the molecule is CC(=O)N(c1nc(/C=C2\NC(=S)NC2=O)cs1)c1cccc(C)c1C. The molecule has 1 saturated heterocycles. The van der Waals surface area contributed by atoms with Crippen LogP contribution in [0, 0.1) is 13.8 Å². The predicted molar refractivity (Wildman–Crippen MR) is 103 cm³/mol. The number of amides is 2. The second-order valence-corrected chi connectivity index (χ2v) is 6.84. The molecule has 0 spiro atoms. The zero-order chi connectivity index (χ0) is 18.1. The number of hydrogen-bond donors (Lipinski definition) is 2. The number of benzene rings is 1. The molecule has 0 aliphatic carbocycles. The third kappa shape index (κ3) is 3.45. The van der Waals surface area contributed by atoms with Crippen molar-refractivity contribution in [2.24, 2.45) is 0 Å². The topological polar surface area (TPSA) is 74.3 Å². The van der Waals surface area contributed by atoms with Crippen molar-refractivity contribution in [2.75, 3.05) is 4.90 Å². The average molecular weight is 372 g/mol. The average Bonchev–Trinajstić information content (AvgIpc) is 3.11. The maximum atomic E-state index is 12.2. The highest BCUT2D eigenvalue weighted by molar-refractivity contribution is 7.80. The molecule has 1 aromatic heterocycles. The summed E-state index contributed by atoms with van der Waals surface area (Å²) < 4.78 is 0. The third-order valence-corrected chi connectivity index (χ3v) is 4.89. The van der Waals surface area contributed by atoms with E-state index in [1.54, 1.807) is 16.4 Å². The first kappa shape index (κ1) is 17.2. The van der Waals surface area contributed by atoms with Crippen molar-refractivity contribution in [1.82, 2.24) is 15.6 Å². The van der Waals surface area contributed by atoms with Gasteiger partial charge >= 0.3 is 0 Å². The summed E-state index contributed by atoms with van der Waals surface area (Å²) in [7, 11) is 0. The van der Waals surface area contributed by atoms with Crippen molar-refractivity contribution in [3.8, 4) is 0 Å². The van der Waals surface area contributed by atoms with E-state index in [-0.39, 0.29) is 16.9 Å². The van der Waals surface area contributed by atoms with Crippen molar-refractivity contribution < 1.29 is 9.59 Å². The van der Waals surface area contributed by atoms with E-state index in [0.717, 1.165) is 16.8 Å². The molecule has 3 rings (SSSR count). The molecule has 0 unspecified atom stereocenters. The van der Waals surface area contributed by atoms with Crippen molar-refractivity contribution in [3.05, 3.63) is 46.1 Å². The molecule has 2 amide bonds. The summed E-state index contributed by atoms with van der Waals surface area (Å²) in [5.41, 5.74) is 3.85. The Hall–Kier alpha value is -2.58. The van der Waals surface area contributed by atoms with Crippen LogP contribution in [-0.2, 0) is 9.59 Å². The lowest BCUT2D eigenvalue weighted by Crippen LogP contribution is -2.23. The fourth-order valence-corrected chi connectivity index (χ4v) is 3.50. The van der Waals surface area contributed by atoms with Crippen molar-refractivity contribution in [2.45, 2.75) is 20.8 Å². The molecular formula is C17H16N4O2S2. The lowest BCUT2D eigenvalue weighted by molar-refractivity contribution is -0.116. The molecule has 0 radical (unpaired) electrons. The first-order chi connectivity index (χ1) is 11.9. The van der Waals surface area contributed by atoms with Gasteiger partial charge in [-0.3, -0.25) is 19.8 Å². The Morgan fingerprint density at radius 3 is 2.72 bits per heavy atom. The Labute approximate surface area is 154 Å². The van der Waals surface area contributed by atoms with Crippen LogP contribution in [-0.4, -0.2) is 21.9 Å². The van der Waals surface area contributed by atoms with Gasteiger partial charge in [-0.1, -0.05) is 12.1 Å². The van der Waals surface area contributed by atoms with Crippen molar-refractivity contribution in [3.63, 3.8) is 0 Å². The van der Waals surface area contributed by atoms with Crippen LogP contribution < -0.4 is 15.5 Å². The standard InChI is InChI=1S/C17H16N4O2S2/c1-9-5-4-6-14(10(9)2)21(11(3)22)17-18-12(8-25-17)7-13-15(23)20-16(24)19-13/h4-8H,1-3H3,(H2,19,20,23,24)/b13-7-. The second kappa shape index (κ2) is 6.73. The van der Waals surface area contributed by atoms with E-state index >= 15 is 0 Å². The van der Waals surface area contributed by atoms with Crippen LogP contribution in [0.2, 0.25) is 0 Å². The maximum Gasteiger partial charge on any atom is 0.273 e. The summed E-state index contributed by atoms with van der Waals surface area (Å²) in [6.45, 7) is 5.48. The zero-order valence-electron chi connectivity index (χ0n) is 13.9. The number of nitrogens with zero attached hydrogens (tertiary/aromatic N) is 2. The summed E-state index contributed by atoms with van der Waals surface area (Å²) in [5.74, 6) is -0.419. The first-order valence-corrected chi connectivity index (χ1v) is 8.82. The fourth-order valence-electron chi connectivity index (χ4n) is 2.46. The van der Waals surface area contributed by atoms with Crippen LogP contribution in [0.15, 0.2) is 29.3 Å². The Morgan fingerprint density at radius 1 is 1.32 bits per heavy atom. The Morgan fingerprint density at radius 2 is 2.08 bits per heavy atom. The molecule has 1 aromatic carbocycles. The highest BCUT2D eigenvalue weighted by atomic mass is 32.1. The van der Waals surface area contributed by atoms with Gasteiger partial charge in [-0.25, -0.2) is 4.98 Å². The molecule has 2 N–H and O–H groups in total. The molecule has 8 heteroatoms. The van der Waals surface area contributed by atoms with Gasteiger partial charge < -0.3 is 5.32 Å². The van der Waals surface area contributed by atoms with Gasteiger partial charge in [0.05, 0.1) is 11.4 Å². The molecule has 1 fully saturated rings. The third-order valence-electron chi connectivity index (χ3n) is 3.85. The van der Waals surface area contributed by atoms with Crippen LogP contribution in [0.25, 0.3) is 6.08 Å². The van der Waals surface area contributed by atoms with E-state index in [2.05, 4.69) is 15.6 Å². The lowest BCUT2D eigenvalue weighted by Gasteiger charge is -2.21. The van der Waals surface area contributed by atoms with Crippen LogP contribution in [0.3, 0.4) is 0 Å². The monoisotopic (exact) mass is 372 g/mol. The highest BCUT2D eigenvalue weighted by Crippen LogP contribution is 2.32. The number of aromatic nitrogens is 1. The van der Waals surface area contributed by atoms with Gasteiger partial charge in [0.1, 0.15) is 5.70 Å². The summed E-state index contributed by atoms with van der Waals surface area (Å²) in [6.07, 6.45) is 1.61. The minimum Gasteiger partial charge on any atom is -0.328 e. The van der Waals surface area contributed by atoms with Crippen LogP contribution in [0.1, 0.15) is 23.7 Å². The number of anilines is 2. The summed E-state index contributed by atoms with van der Waals surface area (Å²) in [5, 5.41) is 7.89. The smallest absolute Gasteiger partial charge is 0.273 e. The molecule has 0 saturated carbocycles. The van der Waals surface area contributed by atoms with Crippen LogP contribution in [0.4, 0.5) is 10.8 Å². The second-order valence-electron chi connectivity index (χ2n) is 5.59. The zero-order valence-corrected chi connectivity index (χ0v) is 15.5. The Balaban J connectivity index is 1.97.